The number of benzene rings is 1. The summed E-state index contributed by atoms with van der Waals surface area (Å²) in [6, 6.07) is 5.65. The van der Waals surface area contributed by atoms with Crippen LogP contribution in [-0.4, -0.2) is 21.0 Å². The van der Waals surface area contributed by atoms with Crippen LogP contribution in [0.3, 0.4) is 0 Å². The van der Waals surface area contributed by atoms with Crippen LogP contribution in [0, 0.1) is 10.1 Å². The van der Waals surface area contributed by atoms with Crippen LogP contribution in [0.15, 0.2) is 30.5 Å². The third-order valence-electron chi connectivity index (χ3n) is 2.17. The topological polar surface area (TPSA) is 93.3 Å². The Morgan fingerprint density at radius 3 is 2.75 bits per heavy atom. The number of hydrogen-bond acceptors (Lipinski definition) is 4. The minimum Gasteiger partial charge on any atom is -0.477 e. The molecule has 0 fully saturated rings. The zero-order chi connectivity index (χ0) is 11.7. The van der Waals surface area contributed by atoms with E-state index in [4.69, 9.17) is 5.11 Å². The van der Waals surface area contributed by atoms with Crippen LogP contribution in [0.25, 0.3) is 10.9 Å². The molecule has 2 aromatic rings. The fourth-order valence-electron chi connectivity index (χ4n) is 1.51. The number of nitrogens with zero attached hydrogens (tertiary/aromatic N) is 2. The first kappa shape index (κ1) is 10.0. The van der Waals surface area contributed by atoms with Gasteiger partial charge in [-0.3, -0.25) is 15.1 Å². The molecule has 0 saturated carbocycles. The standard InChI is InChI=1S/C10H6N2O4/c13-10(14)7-3-4-8-6(2-1-5-11-8)9(7)12(15)16/h1-5H,(H,13,14). The lowest BCUT2D eigenvalue weighted by molar-refractivity contribution is -0.383. The second kappa shape index (κ2) is 3.58. The summed E-state index contributed by atoms with van der Waals surface area (Å²) >= 11 is 0. The van der Waals surface area contributed by atoms with Crippen molar-refractivity contribution in [3.63, 3.8) is 0 Å². The monoisotopic (exact) mass is 218 g/mol. The van der Waals surface area contributed by atoms with Crippen molar-refractivity contribution in [1.82, 2.24) is 4.98 Å². The van der Waals surface area contributed by atoms with E-state index >= 15 is 0 Å². The number of nitro benzene ring substituents is 1. The molecule has 1 N–H and O–H groups in total. The molecule has 0 amide bonds. The van der Waals surface area contributed by atoms with Crippen LogP contribution in [0.4, 0.5) is 5.69 Å². The molecule has 1 heterocycles. The molecule has 0 bridgehead atoms. The van der Waals surface area contributed by atoms with E-state index in [1.54, 1.807) is 0 Å². The SMILES string of the molecule is O=C(O)c1ccc2ncccc2c1[N+](=O)[O-]. The van der Waals surface area contributed by atoms with Gasteiger partial charge >= 0.3 is 5.97 Å². The third kappa shape index (κ3) is 1.46. The van der Waals surface area contributed by atoms with Crippen molar-refractivity contribution in [2.75, 3.05) is 0 Å². The highest BCUT2D eigenvalue weighted by atomic mass is 16.6. The van der Waals surface area contributed by atoms with E-state index in [1.165, 1.54) is 30.5 Å². The molecule has 6 heteroatoms. The van der Waals surface area contributed by atoms with Gasteiger partial charge < -0.3 is 5.11 Å². The Bertz CT molecular complexity index is 594. The molecule has 6 nitrogen and oxygen atoms in total. The van der Waals surface area contributed by atoms with Gasteiger partial charge in [0, 0.05) is 6.20 Å². The number of carboxylic acids is 1. The first-order valence-corrected chi connectivity index (χ1v) is 4.36. The number of hydrogen-bond donors (Lipinski definition) is 1. The summed E-state index contributed by atoms with van der Waals surface area (Å²) in [6.07, 6.45) is 1.49. The van der Waals surface area contributed by atoms with Crippen molar-refractivity contribution >= 4 is 22.6 Å². The predicted molar refractivity (Wildman–Crippen MR) is 55.4 cm³/mol. The van der Waals surface area contributed by atoms with Gasteiger partial charge in [-0.15, -0.1) is 0 Å². The maximum Gasteiger partial charge on any atom is 0.342 e. The first-order valence-electron chi connectivity index (χ1n) is 4.36. The highest BCUT2D eigenvalue weighted by molar-refractivity contribution is 6.01. The van der Waals surface area contributed by atoms with Crippen molar-refractivity contribution in [2.45, 2.75) is 0 Å². The largest absolute Gasteiger partial charge is 0.477 e. The molecule has 0 aliphatic heterocycles. The van der Waals surface area contributed by atoms with Crippen molar-refractivity contribution in [3.8, 4) is 0 Å². The second-order valence-corrected chi connectivity index (χ2v) is 3.09. The molecule has 0 spiro atoms. The minimum absolute atomic E-state index is 0.229. The minimum atomic E-state index is -1.32. The number of fused-ring (bicyclic) bond motifs is 1. The van der Waals surface area contributed by atoms with Crippen LogP contribution in [0.2, 0.25) is 0 Å². The Labute approximate surface area is 89.3 Å². The van der Waals surface area contributed by atoms with E-state index in [0.29, 0.717) is 5.52 Å². The lowest BCUT2D eigenvalue weighted by atomic mass is 10.1. The van der Waals surface area contributed by atoms with Crippen LogP contribution in [0.1, 0.15) is 10.4 Å². The highest BCUT2D eigenvalue weighted by Crippen LogP contribution is 2.28. The van der Waals surface area contributed by atoms with Gasteiger partial charge in [0.1, 0.15) is 5.56 Å². The van der Waals surface area contributed by atoms with Crippen LogP contribution in [0.5, 0.6) is 0 Å². The predicted octanol–water partition coefficient (Wildman–Crippen LogP) is 1.84. The normalized spacial score (nSPS) is 10.2. The molecule has 0 saturated heterocycles. The first-order chi connectivity index (χ1) is 7.61. The Morgan fingerprint density at radius 2 is 2.12 bits per heavy atom. The number of aromatic carboxylic acids is 1. The lowest BCUT2D eigenvalue weighted by Crippen LogP contribution is -2.03. The highest BCUT2D eigenvalue weighted by Gasteiger charge is 2.23. The third-order valence-corrected chi connectivity index (χ3v) is 2.17. The summed E-state index contributed by atoms with van der Waals surface area (Å²) in [7, 11) is 0. The Kier molecular flexibility index (Phi) is 2.24. The van der Waals surface area contributed by atoms with Gasteiger partial charge in [-0.25, -0.2) is 4.79 Å². The van der Waals surface area contributed by atoms with Crippen molar-refractivity contribution < 1.29 is 14.8 Å². The smallest absolute Gasteiger partial charge is 0.342 e. The van der Waals surface area contributed by atoms with E-state index in [1.807, 2.05) is 0 Å². The van der Waals surface area contributed by atoms with Crippen molar-refractivity contribution in [2.24, 2.45) is 0 Å². The average molecular weight is 218 g/mol. The molecule has 0 aliphatic rings. The maximum absolute atomic E-state index is 10.9. The van der Waals surface area contributed by atoms with Gasteiger partial charge in [-0.1, -0.05) is 0 Å². The van der Waals surface area contributed by atoms with Gasteiger partial charge in [0.05, 0.1) is 15.8 Å². The van der Waals surface area contributed by atoms with E-state index in [2.05, 4.69) is 4.98 Å². The van der Waals surface area contributed by atoms with Crippen LogP contribution >= 0.6 is 0 Å². The van der Waals surface area contributed by atoms with Crippen LogP contribution < -0.4 is 0 Å². The summed E-state index contributed by atoms with van der Waals surface area (Å²) in [4.78, 5) is 24.9. The fraction of sp³-hybridized carbons (Fsp3) is 0. The summed E-state index contributed by atoms with van der Waals surface area (Å²) in [5.41, 5.74) is -0.345. The molecule has 16 heavy (non-hydrogen) atoms. The summed E-state index contributed by atoms with van der Waals surface area (Å²) < 4.78 is 0. The number of nitro groups is 1. The van der Waals surface area contributed by atoms with Gasteiger partial charge in [0.25, 0.3) is 5.69 Å². The molecule has 0 aliphatic carbocycles. The molecule has 80 valence electrons. The summed E-state index contributed by atoms with van der Waals surface area (Å²) in [5, 5.41) is 19.9. The number of aromatic nitrogens is 1. The van der Waals surface area contributed by atoms with E-state index in [9.17, 15) is 14.9 Å². The Balaban J connectivity index is 2.90. The second-order valence-electron chi connectivity index (χ2n) is 3.09. The fourth-order valence-corrected chi connectivity index (χ4v) is 1.51. The molecular formula is C10H6N2O4. The molecule has 2 rings (SSSR count). The van der Waals surface area contributed by atoms with Gasteiger partial charge in [-0.2, -0.15) is 0 Å². The Morgan fingerprint density at radius 1 is 1.38 bits per heavy atom. The van der Waals surface area contributed by atoms with Gasteiger partial charge in [0.15, 0.2) is 0 Å². The zero-order valence-corrected chi connectivity index (χ0v) is 7.95. The number of carboxylic acid groups (broad SMARTS) is 1. The number of rotatable bonds is 2. The summed E-state index contributed by atoms with van der Waals surface area (Å²) in [6.45, 7) is 0. The molecule has 0 radical (unpaired) electrons. The molecule has 1 aromatic heterocycles. The zero-order valence-electron chi connectivity index (χ0n) is 7.95. The number of carbonyl (C=O) groups is 1. The Hall–Kier alpha value is -2.50. The van der Waals surface area contributed by atoms with Crippen molar-refractivity contribution in [3.05, 3.63) is 46.1 Å². The lowest BCUT2D eigenvalue weighted by Gasteiger charge is -2.01. The quantitative estimate of drug-likeness (QED) is 0.613. The van der Waals surface area contributed by atoms with Gasteiger partial charge in [0.2, 0.25) is 0 Å². The average Bonchev–Trinajstić information content (AvgIpc) is 2.27. The summed E-state index contributed by atoms with van der Waals surface area (Å²) in [5.74, 6) is -1.32. The molecule has 0 unspecified atom stereocenters. The maximum atomic E-state index is 10.9. The molecule has 0 atom stereocenters. The van der Waals surface area contributed by atoms with E-state index in [0.717, 1.165) is 0 Å². The number of pyridine rings is 1. The molecule has 1 aromatic carbocycles. The van der Waals surface area contributed by atoms with E-state index in [-0.39, 0.29) is 10.9 Å². The van der Waals surface area contributed by atoms with Gasteiger partial charge in [-0.05, 0) is 24.3 Å². The van der Waals surface area contributed by atoms with Crippen LogP contribution in [-0.2, 0) is 0 Å². The van der Waals surface area contributed by atoms with E-state index < -0.39 is 16.6 Å². The molecular weight excluding hydrogens is 212 g/mol. The van der Waals surface area contributed by atoms with Crippen molar-refractivity contribution in [1.29, 1.82) is 0 Å².